The highest BCUT2D eigenvalue weighted by Gasteiger charge is 2.31. The zero-order chi connectivity index (χ0) is 15.5. The second-order valence-electron chi connectivity index (χ2n) is 5.43. The third-order valence-electron chi connectivity index (χ3n) is 3.68. The van der Waals surface area contributed by atoms with Crippen molar-refractivity contribution < 1.29 is 18.3 Å². The number of nitrogen functional groups attached to an aromatic ring is 1. The van der Waals surface area contributed by atoms with Gasteiger partial charge in [-0.2, -0.15) is 0 Å². The molecule has 6 nitrogen and oxygen atoms in total. The molecule has 0 aliphatic carbocycles. The molecule has 0 saturated carbocycles. The predicted octanol–water partition coefficient (Wildman–Crippen LogP) is 0.680. The van der Waals surface area contributed by atoms with Crippen molar-refractivity contribution in [1.82, 2.24) is 4.31 Å². The minimum absolute atomic E-state index is 0.0386. The van der Waals surface area contributed by atoms with Gasteiger partial charge >= 0.3 is 0 Å². The van der Waals surface area contributed by atoms with Crippen molar-refractivity contribution in [3.63, 3.8) is 0 Å². The molecular formula is C14H22N2O4S. The number of anilines is 1. The molecule has 1 saturated heterocycles. The maximum atomic E-state index is 12.2. The highest BCUT2D eigenvalue weighted by atomic mass is 32.2. The lowest BCUT2D eigenvalue weighted by Gasteiger charge is -2.33. The minimum Gasteiger partial charge on any atom is -0.492 e. The van der Waals surface area contributed by atoms with Crippen LogP contribution in [0.3, 0.4) is 0 Å². The van der Waals surface area contributed by atoms with E-state index in [2.05, 4.69) is 0 Å². The van der Waals surface area contributed by atoms with E-state index in [0.717, 1.165) is 0 Å². The molecule has 0 bridgehead atoms. The molecule has 7 heteroatoms. The Morgan fingerprint density at radius 3 is 2.90 bits per heavy atom. The maximum absolute atomic E-state index is 12.2. The monoisotopic (exact) mass is 314 g/mol. The number of hydrogen-bond donors (Lipinski definition) is 2. The molecule has 1 fully saturated rings. The highest BCUT2D eigenvalue weighted by molar-refractivity contribution is 7.89. The zero-order valence-corrected chi connectivity index (χ0v) is 12.9. The molecular weight excluding hydrogens is 292 g/mol. The SMILES string of the molecule is CC1CN(S(=O)(=O)CCOc2cccc(N)c2)CCC1O. The van der Waals surface area contributed by atoms with Crippen molar-refractivity contribution in [2.45, 2.75) is 19.4 Å². The third kappa shape index (κ3) is 4.33. The van der Waals surface area contributed by atoms with E-state index in [4.69, 9.17) is 10.5 Å². The van der Waals surface area contributed by atoms with Crippen molar-refractivity contribution in [2.75, 3.05) is 31.2 Å². The van der Waals surface area contributed by atoms with Crippen molar-refractivity contribution in [1.29, 1.82) is 0 Å². The van der Waals surface area contributed by atoms with Crippen molar-refractivity contribution in [2.24, 2.45) is 5.92 Å². The van der Waals surface area contributed by atoms with Gasteiger partial charge in [-0.25, -0.2) is 12.7 Å². The van der Waals surface area contributed by atoms with Gasteiger partial charge in [-0.05, 0) is 24.5 Å². The van der Waals surface area contributed by atoms with E-state index in [1.807, 2.05) is 6.92 Å². The molecule has 0 aromatic heterocycles. The third-order valence-corrected chi connectivity index (χ3v) is 5.49. The number of hydrogen-bond acceptors (Lipinski definition) is 5. The van der Waals surface area contributed by atoms with Gasteiger partial charge < -0.3 is 15.6 Å². The first-order valence-electron chi connectivity index (χ1n) is 7.03. The molecule has 1 aromatic carbocycles. The van der Waals surface area contributed by atoms with Crippen molar-refractivity contribution >= 4 is 15.7 Å². The number of aliphatic hydroxyl groups is 1. The van der Waals surface area contributed by atoms with Crippen molar-refractivity contribution in [3.8, 4) is 5.75 Å². The number of benzene rings is 1. The molecule has 0 spiro atoms. The molecule has 0 amide bonds. The Labute approximate surface area is 125 Å². The molecule has 1 aliphatic rings. The number of sulfonamides is 1. The first kappa shape index (κ1) is 16.1. The van der Waals surface area contributed by atoms with E-state index in [9.17, 15) is 13.5 Å². The molecule has 0 radical (unpaired) electrons. The van der Waals surface area contributed by atoms with Crippen LogP contribution in [0.2, 0.25) is 0 Å². The summed E-state index contributed by atoms with van der Waals surface area (Å²) in [6.45, 7) is 2.67. The quantitative estimate of drug-likeness (QED) is 0.780. The number of rotatable bonds is 5. The number of piperidine rings is 1. The zero-order valence-electron chi connectivity index (χ0n) is 12.1. The Morgan fingerprint density at radius 1 is 1.48 bits per heavy atom. The van der Waals surface area contributed by atoms with Crippen LogP contribution in [0, 0.1) is 5.92 Å². The van der Waals surface area contributed by atoms with Gasteiger partial charge in [0, 0.05) is 24.8 Å². The second-order valence-corrected chi connectivity index (χ2v) is 7.52. The predicted molar refractivity (Wildman–Crippen MR) is 81.5 cm³/mol. The molecule has 2 unspecified atom stereocenters. The van der Waals surface area contributed by atoms with Crippen LogP contribution in [0.25, 0.3) is 0 Å². The standard InChI is InChI=1S/C14H22N2O4S/c1-11-10-16(6-5-14(11)17)21(18,19)8-7-20-13-4-2-3-12(15)9-13/h2-4,9,11,14,17H,5-8,10,15H2,1H3. The van der Waals surface area contributed by atoms with Gasteiger partial charge in [0.25, 0.3) is 0 Å². The highest BCUT2D eigenvalue weighted by Crippen LogP contribution is 2.20. The summed E-state index contributed by atoms with van der Waals surface area (Å²) in [6.07, 6.45) is 0.0659. The van der Waals surface area contributed by atoms with Crippen LogP contribution >= 0.6 is 0 Å². The summed E-state index contributed by atoms with van der Waals surface area (Å²) in [6, 6.07) is 6.89. The van der Waals surface area contributed by atoms with E-state index in [1.54, 1.807) is 24.3 Å². The minimum atomic E-state index is -3.35. The van der Waals surface area contributed by atoms with E-state index < -0.39 is 16.1 Å². The lowest BCUT2D eigenvalue weighted by molar-refractivity contribution is 0.0628. The lowest BCUT2D eigenvalue weighted by atomic mass is 9.99. The van der Waals surface area contributed by atoms with Gasteiger partial charge in [0.1, 0.15) is 12.4 Å². The summed E-state index contributed by atoms with van der Waals surface area (Å²) in [7, 11) is -3.35. The van der Waals surface area contributed by atoms with Crippen LogP contribution < -0.4 is 10.5 Å². The summed E-state index contributed by atoms with van der Waals surface area (Å²) in [5.74, 6) is 0.445. The van der Waals surface area contributed by atoms with Crippen LogP contribution in [0.4, 0.5) is 5.69 Å². The summed E-state index contributed by atoms with van der Waals surface area (Å²) in [4.78, 5) is 0. The number of nitrogens with zero attached hydrogens (tertiary/aromatic N) is 1. The summed E-state index contributed by atoms with van der Waals surface area (Å²) in [5.41, 5.74) is 6.21. The van der Waals surface area contributed by atoms with Gasteiger partial charge in [-0.15, -0.1) is 0 Å². The van der Waals surface area contributed by atoms with Gasteiger partial charge in [-0.1, -0.05) is 13.0 Å². The maximum Gasteiger partial charge on any atom is 0.217 e. The second kappa shape index (κ2) is 6.64. The smallest absolute Gasteiger partial charge is 0.217 e. The van der Waals surface area contributed by atoms with E-state index in [-0.39, 0.29) is 18.3 Å². The van der Waals surface area contributed by atoms with Gasteiger partial charge in [0.05, 0.1) is 11.9 Å². The topological polar surface area (TPSA) is 92.9 Å². The molecule has 2 rings (SSSR count). The normalized spacial score (nSPS) is 23.9. The molecule has 21 heavy (non-hydrogen) atoms. The number of aliphatic hydroxyl groups excluding tert-OH is 1. The first-order chi connectivity index (χ1) is 9.88. The van der Waals surface area contributed by atoms with Crippen LogP contribution in [-0.4, -0.2) is 49.4 Å². The van der Waals surface area contributed by atoms with Gasteiger partial charge in [0.2, 0.25) is 10.0 Å². The van der Waals surface area contributed by atoms with E-state index in [1.165, 1.54) is 4.31 Å². The fourth-order valence-corrected chi connectivity index (χ4v) is 3.74. The Morgan fingerprint density at radius 2 is 2.24 bits per heavy atom. The average Bonchev–Trinajstić information content (AvgIpc) is 2.41. The number of ether oxygens (including phenoxy) is 1. The molecule has 1 heterocycles. The van der Waals surface area contributed by atoms with Crippen LogP contribution in [0.15, 0.2) is 24.3 Å². The molecule has 3 N–H and O–H groups in total. The molecule has 1 aliphatic heterocycles. The van der Waals surface area contributed by atoms with Gasteiger partial charge in [-0.3, -0.25) is 0 Å². The Hall–Kier alpha value is -1.31. The van der Waals surface area contributed by atoms with E-state index >= 15 is 0 Å². The first-order valence-corrected chi connectivity index (χ1v) is 8.63. The Balaban J connectivity index is 1.87. The van der Waals surface area contributed by atoms with Crippen molar-refractivity contribution in [3.05, 3.63) is 24.3 Å². The summed E-state index contributed by atoms with van der Waals surface area (Å²) >= 11 is 0. The number of nitrogens with two attached hydrogens (primary N) is 1. The fraction of sp³-hybridized carbons (Fsp3) is 0.571. The molecule has 118 valence electrons. The van der Waals surface area contributed by atoms with Crippen LogP contribution in [0.1, 0.15) is 13.3 Å². The van der Waals surface area contributed by atoms with Crippen LogP contribution in [-0.2, 0) is 10.0 Å². The van der Waals surface area contributed by atoms with Crippen LogP contribution in [0.5, 0.6) is 5.75 Å². The lowest BCUT2D eigenvalue weighted by Crippen LogP contribution is -2.46. The molecule has 2 atom stereocenters. The average molecular weight is 314 g/mol. The Kier molecular flexibility index (Phi) is 5.08. The largest absolute Gasteiger partial charge is 0.492 e. The molecule has 1 aromatic rings. The fourth-order valence-electron chi connectivity index (χ4n) is 2.35. The summed E-state index contributed by atoms with van der Waals surface area (Å²) in [5, 5.41) is 9.65. The van der Waals surface area contributed by atoms with E-state index in [0.29, 0.717) is 30.9 Å². The summed E-state index contributed by atoms with van der Waals surface area (Å²) < 4.78 is 31.3. The Bertz CT molecular complexity index is 576. The van der Waals surface area contributed by atoms with Gasteiger partial charge in [0.15, 0.2) is 0 Å².